The molecule has 0 radical (unpaired) electrons. The fourth-order valence-electron chi connectivity index (χ4n) is 2.70. The first-order chi connectivity index (χ1) is 10.1. The van der Waals surface area contributed by atoms with Crippen molar-refractivity contribution in [1.82, 2.24) is 9.80 Å². The van der Waals surface area contributed by atoms with Crippen molar-refractivity contribution in [3.63, 3.8) is 0 Å². The van der Waals surface area contributed by atoms with Crippen molar-refractivity contribution in [1.29, 1.82) is 0 Å². The molecule has 2 rings (SSSR count). The molecule has 0 N–H and O–H groups in total. The van der Waals surface area contributed by atoms with Gasteiger partial charge in [0.15, 0.2) is 0 Å². The summed E-state index contributed by atoms with van der Waals surface area (Å²) in [6.07, 6.45) is 2.33. The summed E-state index contributed by atoms with van der Waals surface area (Å²) in [6.45, 7) is 6.77. The van der Waals surface area contributed by atoms with Gasteiger partial charge in [-0.2, -0.15) is 0 Å². The van der Waals surface area contributed by atoms with E-state index in [4.69, 9.17) is 0 Å². The highest BCUT2D eigenvalue weighted by Gasteiger charge is 2.22. The van der Waals surface area contributed by atoms with Crippen LogP contribution >= 0.6 is 0 Å². The quantitative estimate of drug-likeness (QED) is 0.857. The van der Waals surface area contributed by atoms with E-state index in [0.717, 1.165) is 37.1 Å². The lowest BCUT2D eigenvalue weighted by Crippen LogP contribution is -2.37. The summed E-state index contributed by atoms with van der Waals surface area (Å²) in [5, 5.41) is 0. The summed E-state index contributed by atoms with van der Waals surface area (Å²) in [7, 11) is 0. The number of rotatable bonds is 3. The molecule has 21 heavy (non-hydrogen) atoms. The molecule has 1 heterocycles. The van der Waals surface area contributed by atoms with Crippen LogP contribution in [0.4, 0.5) is 0 Å². The minimum Gasteiger partial charge on any atom is -0.341 e. The van der Waals surface area contributed by atoms with Gasteiger partial charge in [0.2, 0.25) is 5.91 Å². The molecule has 1 aromatic carbocycles. The number of nitrogens with zero attached hydrogens (tertiary/aromatic N) is 2. The molecule has 1 aliphatic rings. The van der Waals surface area contributed by atoms with Gasteiger partial charge in [-0.15, -0.1) is 0 Å². The van der Waals surface area contributed by atoms with Crippen LogP contribution in [0.2, 0.25) is 0 Å². The fourth-order valence-corrected chi connectivity index (χ4v) is 2.70. The molecule has 0 saturated carbocycles. The summed E-state index contributed by atoms with van der Waals surface area (Å²) in [5.74, 6) is 0.283. The summed E-state index contributed by atoms with van der Waals surface area (Å²) in [5.41, 5.74) is 1.83. The monoisotopic (exact) mass is 288 g/mol. The van der Waals surface area contributed by atoms with Gasteiger partial charge in [-0.25, -0.2) is 0 Å². The predicted molar refractivity (Wildman–Crippen MR) is 83.2 cm³/mol. The van der Waals surface area contributed by atoms with Crippen LogP contribution in [0.25, 0.3) is 0 Å². The van der Waals surface area contributed by atoms with Crippen molar-refractivity contribution in [2.45, 2.75) is 33.1 Å². The van der Waals surface area contributed by atoms with Gasteiger partial charge in [-0.3, -0.25) is 9.59 Å². The third-order valence-corrected chi connectivity index (χ3v) is 3.86. The van der Waals surface area contributed by atoms with Crippen LogP contribution in [-0.2, 0) is 4.79 Å². The zero-order valence-electron chi connectivity index (χ0n) is 13.0. The molecule has 4 heteroatoms. The van der Waals surface area contributed by atoms with E-state index in [1.807, 2.05) is 47.9 Å². The number of benzene rings is 1. The number of carbonyl (C=O) groups is 2. The van der Waals surface area contributed by atoms with Gasteiger partial charge < -0.3 is 9.80 Å². The predicted octanol–water partition coefficient (Wildman–Crippen LogP) is 2.47. The van der Waals surface area contributed by atoms with Gasteiger partial charge in [-0.05, 0) is 31.9 Å². The smallest absolute Gasteiger partial charge is 0.253 e. The molecular weight excluding hydrogens is 264 g/mol. The van der Waals surface area contributed by atoms with E-state index in [1.54, 1.807) is 0 Å². The van der Waals surface area contributed by atoms with Gasteiger partial charge >= 0.3 is 0 Å². The highest BCUT2D eigenvalue weighted by Crippen LogP contribution is 2.12. The van der Waals surface area contributed by atoms with Crippen LogP contribution in [0.3, 0.4) is 0 Å². The van der Waals surface area contributed by atoms with Crippen molar-refractivity contribution in [3.8, 4) is 0 Å². The molecule has 1 fully saturated rings. The Bertz CT molecular complexity index is 513. The average Bonchev–Trinajstić information content (AvgIpc) is 2.72. The van der Waals surface area contributed by atoms with Gasteiger partial charge in [0.1, 0.15) is 0 Å². The van der Waals surface area contributed by atoms with E-state index in [-0.39, 0.29) is 11.8 Å². The van der Waals surface area contributed by atoms with Gasteiger partial charge in [0.25, 0.3) is 5.91 Å². The number of hydrogen-bond acceptors (Lipinski definition) is 2. The van der Waals surface area contributed by atoms with Crippen LogP contribution in [0.5, 0.6) is 0 Å². The molecule has 0 aromatic heterocycles. The number of hydrogen-bond donors (Lipinski definition) is 0. The lowest BCUT2D eigenvalue weighted by atomic mass is 10.1. The third-order valence-electron chi connectivity index (χ3n) is 3.86. The lowest BCUT2D eigenvalue weighted by molar-refractivity contribution is -0.131. The molecule has 1 aliphatic heterocycles. The summed E-state index contributed by atoms with van der Waals surface area (Å²) in [6, 6.07) is 7.69. The molecule has 2 amide bonds. The van der Waals surface area contributed by atoms with Gasteiger partial charge in [0, 0.05) is 38.2 Å². The second kappa shape index (κ2) is 7.25. The van der Waals surface area contributed by atoms with Crippen molar-refractivity contribution in [2.24, 2.45) is 0 Å². The molecule has 1 aromatic rings. The van der Waals surface area contributed by atoms with Crippen LogP contribution in [0.15, 0.2) is 24.3 Å². The first-order valence-electron chi connectivity index (χ1n) is 7.75. The highest BCUT2D eigenvalue weighted by atomic mass is 16.2. The Kier molecular flexibility index (Phi) is 5.37. The van der Waals surface area contributed by atoms with E-state index < -0.39 is 0 Å². The fraction of sp³-hybridized carbons (Fsp3) is 0.529. The molecule has 1 saturated heterocycles. The summed E-state index contributed by atoms with van der Waals surface area (Å²) in [4.78, 5) is 28.3. The Balaban J connectivity index is 1.99. The first-order valence-corrected chi connectivity index (χ1v) is 7.75. The number of amides is 2. The zero-order valence-corrected chi connectivity index (χ0v) is 13.0. The van der Waals surface area contributed by atoms with E-state index in [2.05, 4.69) is 0 Å². The van der Waals surface area contributed by atoms with Crippen LogP contribution in [0, 0.1) is 6.92 Å². The van der Waals surface area contributed by atoms with Crippen molar-refractivity contribution in [2.75, 3.05) is 26.2 Å². The largest absolute Gasteiger partial charge is 0.341 e. The summed E-state index contributed by atoms with van der Waals surface area (Å²) >= 11 is 0. The van der Waals surface area contributed by atoms with Gasteiger partial charge in [-0.1, -0.05) is 24.6 Å². The lowest BCUT2D eigenvalue weighted by Gasteiger charge is -2.22. The van der Waals surface area contributed by atoms with E-state index in [1.165, 1.54) is 0 Å². The molecular formula is C17H24N2O2. The minimum absolute atomic E-state index is 0.0727. The van der Waals surface area contributed by atoms with Crippen LogP contribution in [-0.4, -0.2) is 47.8 Å². The molecule has 114 valence electrons. The van der Waals surface area contributed by atoms with E-state index in [0.29, 0.717) is 19.5 Å². The average molecular weight is 288 g/mol. The Labute approximate surface area is 126 Å². The van der Waals surface area contributed by atoms with Gasteiger partial charge in [0.05, 0.1) is 0 Å². The number of aryl methyl sites for hydroxylation is 1. The third kappa shape index (κ3) is 4.06. The van der Waals surface area contributed by atoms with Crippen molar-refractivity contribution < 1.29 is 9.59 Å². The minimum atomic E-state index is 0.0727. The molecule has 4 nitrogen and oxygen atoms in total. The maximum Gasteiger partial charge on any atom is 0.253 e. The zero-order chi connectivity index (χ0) is 15.2. The van der Waals surface area contributed by atoms with E-state index in [9.17, 15) is 9.59 Å². The normalized spacial score (nSPS) is 15.7. The molecule has 0 atom stereocenters. The summed E-state index contributed by atoms with van der Waals surface area (Å²) < 4.78 is 0. The molecule has 0 unspecified atom stereocenters. The van der Waals surface area contributed by atoms with Crippen molar-refractivity contribution >= 4 is 11.8 Å². The molecule has 0 bridgehead atoms. The van der Waals surface area contributed by atoms with Crippen LogP contribution in [0.1, 0.15) is 42.1 Å². The second-order valence-corrected chi connectivity index (χ2v) is 5.65. The topological polar surface area (TPSA) is 40.6 Å². The highest BCUT2D eigenvalue weighted by molar-refractivity contribution is 5.94. The molecule has 0 aliphatic carbocycles. The maximum atomic E-state index is 12.5. The van der Waals surface area contributed by atoms with Crippen molar-refractivity contribution in [3.05, 3.63) is 35.4 Å². The van der Waals surface area contributed by atoms with E-state index >= 15 is 0 Å². The molecule has 0 spiro atoms. The Morgan fingerprint density at radius 2 is 1.81 bits per heavy atom. The van der Waals surface area contributed by atoms with Crippen LogP contribution < -0.4 is 0 Å². The Hall–Kier alpha value is -1.84. The Morgan fingerprint density at radius 3 is 2.52 bits per heavy atom. The standard InChI is InChI=1S/C17H24N2O2/c1-3-6-16(20)18-9-5-10-19(12-11-18)17(21)15-8-4-7-14(2)13-15/h4,7-8,13H,3,5-6,9-12H2,1-2H3. The number of carbonyl (C=O) groups excluding carboxylic acids is 2. The first kappa shape index (κ1) is 15.5. The second-order valence-electron chi connectivity index (χ2n) is 5.65. The SMILES string of the molecule is CCCC(=O)N1CCCN(C(=O)c2cccc(C)c2)CC1. The Morgan fingerprint density at radius 1 is 1.10 bits per heavy atom. The maximum absolute atomic E-state index is 12.5.